The Morgan fingerprint density at radius 2 is 2.00 bits per heavy atom. The Balaban J connectivity index is 1.94. The van der Waals surface area contributed by atoms with Gasteiger partial charge in [-0.05, 0) is 26.9 Å². The quantitative estimate of drug-likeness (QED) is 0.848. The van der Waals surface area contributed by atoms with Crippen LogP contribution in [-0.4, -0.2) is 70.0 Å². The molecule has 9 heteroatoms. The molecule has 1 aliphatic heterocycles. The molecular weight excluding hydrogens is 325 g/mol. The maximum absolute atomic E-state index is 13.5. The summed E-state index contributed by atoms with van der Waals surface area (Å²) in [6, 6.07) is 0.413. The number of imidazole rings is 1. The molecule has 0 aromatic carbocycles. The molecule has 24 heavy (non-hydrogen) atoms. The lowest BCUT2D eigenvalue weighted by atomic mass is 10.0. The van der Waals surface area contributed by atoms with Crippen LogP contribution in [0, 0.1) is 0 Å². The van der Waals surface area contributed by atoms with Crippen LogP contribution in [0.25, 0.3) is 0 Å². The van der Waals surface area contributed by atoms with Gasteiger partial charge in [-0.25, -0.2) is 18.2 Å². The molecule has 1 N–H and O–H groups in total. The van der Waals surface area contributed by atoms with E-state index in [0.29, 0.717) is 23.7 Å². The van der Waals surface area contributed by atoms with Crippen molar-refractivity contribution in [1.82, 2.24) is 19.4 Å². The predicted molar refractivity (Wildman–Crippen MR) is 81.2 cm³/mol. The van der Waals surface area contributed by atoms with E-state index in [1.54, 1.807) is 4.90 Å². The summed E-state index contributed by atoms with van der Waals surface area (Å²) in [5.41, 5.74) is 0. The van der Waals surface area contributed by atoms with Gasteiger partial charge in [-0.1, -0.05) is 0 Å². The van der Waals surface area contributed by atoms with Crippen molar-refractivity contribution in [3.63, 3.8) is 0 Å². The molecular formula is C15H23F3N4O2. The van der Waals surface area contributed by atoms with Gasteiger partial charge < -0.3 is 14.9 Å². The summed E-state index contributed by atoms with van der Waals surface area (Å²) in [7, 11) is 3.98. The molecule has 0 aliphatic carbocycles. The van der Waals surface area contributed by atoms with Crippen molar-refractivity contribution in [3.8, 4) is 0 Å². The van der Waals surface area contributed by atoms with Crippen molar-refractivity contribution >= 4 is 5.91 Å². The highest BCUT2D eigenvalue weighted by Crippen LogP contribution is 2.25. The summed E-state index contributed by atoms with van der Waals surface area (Å²) in [6.07, 6.45) is -3.73. The van der Waals surface area contributed by atoms with Crippen LogP contribution in [0.1, 0.15) is 37.5 Å². The molecule has 2 rings (SSSR count). The molecule has 6 nitrogen and oxygen atoms in total. The molecule has 0 spiro atoms. The second-order valence-corrected chi connectivity index (χ2v) is 6.20. The number of halogens is 3. The molecule has 0 bridgehead atoms. The molecule has 1 aromatic heterocycles. The van der Waals surface area contributed by atoms with Crippen molar-refractivity contribution in [2.45, 2.75) is 44.1 Å². The van der Waals surface area contributed by atoms with Crippen LogP contribution in [0.4, 0.5) is 13.2 Å². The Morgan fingerprint density at radius 3 is 2.54 bits per heavy atom. The molecule has 2 heterocycles. The Bertz CT molecular complexity index is 545. The normalized spacial score (nSPS) is 19.1. The molecule has 1 amide bonds. The minimum absolute atomic E-state index is 0.265. The first-order chi connectivity index (χ1) is 11.3. The van der Waals surface area contributed by atoms with Gasteiger partial charge in [0.15, 0.2) is 0 Å². The third kappa shape index (κ3) is 4.27. The van der Waals surface area contributed by atoms with Crippen LogP contribution in [-0.2, 0) is 4.79 Å². The van der Waals surface area contributed by atoms with Crippen LogP contribution < -0.4 is 0 Å². The van der Waals surface area contributed by atoms with Crippen LogP contribution >= 0.6 is 0 Å². The number of carbonyl (C=O) groups is 1. The summed E-state index contributed by atoms with van der Waals surface area (Å²) < 4.78 is 39.1. The number of rotatable bonds is 6. The molecule has 136 valence electrons. The molecule has 1 aliphatic rings. The summed E-state index contributed by atoms with van der Waals surface area (Å²) in [4.78, 5) is 19.7. The van der Waals surface area contributed by atoms with E-state index >= 15 is 0 Å². The van der Waals surface area contributed by atoms with E-state index in [1.807, 2.05) is 14.1 Å². The van der Waals surface area contributed by atoms with Crippen LogP contribution in [0.2, 0.25) is 0 Å². The Kier molecular flexibility index (Phi) is 6.22. The van der Waals surface area contributed by atoms with E-state index in [4.69, 9.17) is 0 Å². The number of aromatic nitrogens is 2. The fraction of sp³-hybridized carbons (Fsp3) is 0.733. The molecule has 2 unspecified atom stereocenters. The third-order valence-electron chi connectivity index (χ3n) is 4.39. The number of aliphatic hydroxyl groups excluding tert-OH is 1. The second-order valence-electron chi connectivity index (χ2n) is 6.20. The van der Waals surface area contributed by atoms with Crippen molar-refractivity contribution in [1.29, 1.82) is 0 Å². The molecule has 0 saturated carbocycles. The first-order valence-electron chi connectivity index (χ1n) is 7.88. The van der Waals surface area contributed by atoms with Gasteiger partial charge in [0.05, 0.1) is 6.42 Å². The third-order valence-corrected chi connectivity index (χ3v) is 4.39. The summed E-state index contributed by atoms with van der Waals surface area (Å²) in [5.74, 6) is -0.555. The number of nitrogens with zero attached hydrogens (tertiary/aromatic N) is 4. The van der Waals surface area contributed by atoms with E-state index in [0.717, 1.165) is 25.2 Å². The number of likely N-dealkylation sites (tertiary alicyclic amines) is 1. The second kappa shape index (κ2) is 7.98. The molecule has 1 saturated heterocycles. The fourth-order valence-corrected chi connectivity index (χ4v) is 2.93. The first kappa shape index (κ1) is 18.7. The zero-order valence-electron chi connectivity index (χ0n) is 13.8. The van der Waals surface area contributed by atoms with Gasteiger partial charge in [0.25, 0.3) is 6.43 Å². The lowest BCUT2D eigenvalue weighted by Crippen LogP contribution is -2.44. The minimum atomic E-state index is -3.23. The van der Waals surface area contributed by atoms with E-state index in [2.05, 4.69) is 9.88 Å². The van der Waals surface area contributed by atoms with Gasteiger partial charge in [0.2, 0.25) is 12.2 Å². The highest BCUT2D eigenvalue weighted by molar-refractivity contribution is 5.76. The van der Waals surface area contributed by atoms with E-state index in [9.17, 15) is 23.1 Å². The Morgan fingerprint density at radius 1 is 1.38 bits per heavy atom. The maximum Gasteiger partial charge on any atom is 0.288 e. The summed E-state index contributed by atoms with van der Waals surface area (Å²) in [6.45, 7) is 1.15. The van der Waals surface area contributed by atoms with Crippen molar-refractivity contribution in [2.75, 3.05) is 27.2 Å². The number of hydrogen-bond donors (Lipinski definition) is 1. The van der Waals surface area contributed by atoms with Gasteiger partial charge in [-0.15, -0.1) is 0 Å². The first-order valence-corrected chi connectivity index (χ1v) is 7.88. The van der Waals surface area contributed by atoms with Crippen LogP contribution in [0.5, 0.6) is 0 Å². The Labute approximate surface area is 138 Å². The smallest absolute Gasteiger partial charge is 0.288 e. The van der Waals surface area contributed by atoms with E-state index < -0.39 is 18.8 Å². The van der Waals surface area contributed by atoms with Gasteiger partial charge in [-0.2, -0.15) is 0 Å². The van der Waals surface area contributed by atoms with Crippen LogP contribution in [0.15, 0.2) is 12.4 Å². The van der Waals surface area contributed by atoms with Gasteiger partial charge in [-0.3, -0.25) is 9.36 Å². The highest BCUT2D eigenvalue weighted by atomic mass is 19.3. The van der Waals surface area contributed by atoms with E-state index in [1.165, 1.54) is 0 Å². The van der Waals surface area contributed by atoms with Crippen molar-refractivity contribution in [2.24, 2.45) is 0 Å². The number of alkyl halides is 3. The zero-order valence-corrected chi connectivity index (χ0v) is 13.8. The number of carbonyl (C=O) groups excluding carboxylic acids is 1. The minimum Gasteiger partial charge on any atom is -0.385 e. The largest absolute Gasteiger partial charge is 0.385 e. The SMILES string of the molecule is CN(C)C1CCN(C(=O)CC(O)c2nccn2C(F)C(F)F)CC1. The molecule has 0 radical (unpaired) electrons. The number of piperidine rings is 1. The van der Waals surface area contributed by atoms with Crippen LogP contribution in [0.3, 0.4) is 0 Å². The predicted octanol–water partition coefficient (Wildman–Crippen LogP) is 1.59. The molecule has 2 atom stereocenters. The van der Waals surface area contributed by atoms with E-state index in [-0.39, 0.29) is 18.2 Å². The standard InChI is InChI=1S/C15H23F3N4O2/c1-20(2)10-3-6-21(7-4-10)12(24)9-11(23)15-19-5-8-22(15)14(18)13(16)17/h5,8,10-11,13-14,23H,3-4,6-7,9H2,1-2H3. The average Bonchev–Trinajstić information content (AvgIpc) is 3.03. The number of aliphatic hydroxyl groups is 1. The van der Waals surface area contributed by atoms with Gasteiger partial charge >= 0.3 is 0 Å². The van der Waals surface area contributed by atoms with Gasteiger partial charge in [0, 0.05) is 31.5 Å². The number of amides is 1. The van der Waals surface area contributed by atoms with Crippen molar-refractivity contribution in [3.05, 3.63) is 18.2 Å². The monoisotopic (exact) mass is 348 g/mol. The maximum atomic E-state index is 13.5. The summed E-state index contributed by atoms with van der Waals surface area (Å²) >= 11 is 0. The summed E-state index contributed by atoms with van der Waals surface area (Å²) in [5, 5.41) is 10.1. The lowest BCUT2D eigenvalue weighted by molar-refractivity contribution is -0.135. The van der Waals surface area contributed by atoms with Gasteiger partial charge in [0.1, 0.15) is 11.9 Å². The fourth-order valence-electron chi connectivity index (χ4n) is 2.93. The highest BCUT2D eigenvalue weighted by Gasteiger charge is 2.29. The topological polar surface area (TPSA) is 61.6 Å². The molecule has 1 aromatic rings. The van der Waals surface area contributed by atoms with Crippen molar-refractivity contribution < 1.29 is 23.1 Å². The Hall–Kier alpha value is -1.61. The zero-order chi connectivity index (χ0) is 17.9. The average molecular weight is 348 g/mol. The molecule has 1 fully saturated rings. The lowest BCUT2D eigenvalue weighted by Gasteiger charge is -2.35. The number of hydrogen-bond acceptors (Lipinski definition) is 4.